The van der Waals surface area contributed by atoms with Gasteiger partial charge < -0.3 is 9.84 Å². The SMILES string of the molecule is C=C[C@H]1[C@H](C)[C@H](n2ccc(=O)[nH]c2=O)O[C@@H]1CO. The maximum atomic E-state index is 11.7. The molecule has 1 aliphatic rings. The van der Waals surface area contributed by atoms with Crippen LogP contribution in [0.15, 0.2) is 34.5 Å². The molecule has 2 heterocycles. The molecule has 0 aliphatic carbocycles. The standard InChI is InChI=1S/C12H16N2O4/c1-3-8-7(2)11(18-9(8)6-15)14-5-4-10(16)13-12(14)17/h3-5,7-9,11,15H,1,6H2,2H3,(H,13,16,17)/t7-,8-,9+,11+/m0/s1. The van der Waals surface area contributed by atoms with Crippen LogP contribution >= 0.6 is 0 Å². The van der Waals surface area contributed by atoms with Gasteiger partial charge in [-0.1, -0.05) is 13.0 Å². The van der Waals surface area contributed by atoms with Crippen molar-refractivity contribution < 1.29 is 9.84 Å². The molecule has 6 heteroatoms. The second-order valence-corrected chi connectivity index (χ2v) is 4.44. The van der Waals surface area contributed by atoms with Crippen LogP contribution in [-0.4, -0.2) is 27.4 Å². The third-order valence-electron chi connectivity index (χ3n) is 3.38. The molecule has 1 saturated heterocycles. The highest BCUT2D eigenvalue weighted by Crippen LogP contribution is 2.38. The lowest BCUT2D eigenvalue weighted by atomic mass is 9.91. The van der Waals surface area contributed by atoms with Crippen LogP contribution in [0.5, 0.6) is 0 Å². The molecule has 98 valence electrons. The van der Waals surface area contributed by atoms with Gasteiger partial charge in [0.25, 0.3) is 5.56 Å². The third-order valence-corrected chi connectivity index (χ3v) is 3.38. The Kier molecular flexibility index (Phi) is 3.49. The minimum Gasteiger partial charge on any atom is -0.394 e. The van der Waals surface area contributed by atoms with E-state index < -0.39 is 17.5 Å². The van der Waals surface area contributed by atoms with E-state index in [1.807, 2.05) is 6.92 Å². The summed E-state index contributed by atoms with van der Waals surface area (Å²) >= 11 is 0. The monoisotopic (exact) mass is 252 g/mol. The van der Waals surface area contributed by atoms with Gasteiger partial charge in [-0.15, -0.1) is 6.58 Å². The zero-order valence-electron chi connectivity index (χ0n) is 10.1. The van der Waals surface area contributed by atoms with Gasteiger partial charge in [-0.2, -0.15) is 0 Å². The highest BCUT2D eigenvalue weighted by molar-refractivity contribution is 4.97. The molecular weight excluding hydrogens is 236 g/mol. The van der Waals surface area contributed by atoms with Crippen molar-refractivity contribution in [2.45, 2.75) is 19.3 Å². The number of H-pyrrole nitrogens is 1. The van der Waals surface area contributed by atoms with Crippen molar-refractivity contribution in [1.29, 1.82) is 0 Å². The quantitative estimate of drug-likeness (QED) is 0.734. The van der Waals surface area contributed by atoms with Gasteiger partial charge in [-0.05, 0) is 0 Å². The summed E-state index contributed by atoms with van der Waals surface area (Å²) in [5.41, 5.74) is -0.957. The van der Waals surface area contributed by atoms with Crippen LogP contribution in [0.1, 0.15) is 13.2 Å². The number of aliphatic hydroxyl groups is 1. The summed E-state index contributed by atoms with van der Waals surface area (Å²) in [6, 6.07) is 1.27. The molecule has 1 aliphatic heterocycles. The summed E-state index contributed by atoms with van der Waals surface area (Å²) in [7, 11) is 0. The van der Waals surface area contributed by atoms with E-state index >= 15 is 0 Å². The van der Waals surface area contributed by atoms with Crippen molar-refractivity contribution in [3.05, 3.63) is 45.8 Å². The predicted molar refractivity (Wildman–Crippen MR) is 65.2 cm³/mol. The van der Waals surface area contributed by atoms with Crippen molar-refractivity contribution >= 4 is 0 Å². The number of hydrogen-bond acceptors (Lipinski definition) is 4. The van der Waals surface area contributed by atoms with Gasteiger partial charge >= 0.3 is 5.69 Å². The fraction of sp³-hybridized carbons (Fsp3) is 0.500. The van der Waals surface area contributed by atoms with Gasteiger partial charge in [-0.3, -0.25) is 14.3 Å². The number of nitrogens with one attached hydrogen (secondary N) is 1. The van der Waals surface area contributed by atoms with E-state index in [2.05, 4.69) is 11.6 Å². The number of aromatic nitrogens is 2. The average Bonchev–Trinajstić information content (AvgIpc) is 2.66. The fourth-order valence-corrected chi connectivity index (χ4v) is 2.40. The first kappa shape index (κ1) is 12.8. The lowest BCUT2D eigenvalue weighted by molar-refractivity contribution is -0.0364. The summed E-state index contributed by atoms with van der Waals surface area (Å²) in [6.45, 7) is 5.51. The first-order valence-corrected chi connectivity index (χ1v) is 5.79. The van der Waals surface area contributed by atoms with Crippen molar-refractivity contribution in [2.24, 2.45) is 11.8 Å². The molecule has 0 radical (unpaired) electrons. The minimum absolute atomic E-state index is 0.0109. The molecule has 0 bridgehead atoms. The second kappa shape index (κ2) is 4.91. The zero-order valence-corrected chi connectivity index (χ0v) is 10.1. The second-order valence-electron chi connectivity index (χ2n) is 4.44. The van der Waals surface area contributed by atoms with Crippen LogP contribution in [0, 0.1) is 11.8 Å². The molecule has 4 atom stereocenters. The number of aliphatic hydroxyl groups excluding tert-OH is 1. The summed E-state index contributed by atoms with van der Waals surface area (Å²) in [5, 5.41) is 9.25. The lowest BCUT2D eigenvalue weighted by Crippen LogP contribution is -2.33. The van der Waals surface area contributed by atoms with Gasteiger partial charge in [0, 0.05) is 24.1 Å². The minimum atomic E-state index is -0.513. The number of rotatable bonds is 3. The summed E-state index contributed by atoms with van der Waals surface area (Å²) in [6.07, 6.45) is 2.25. The molecule has 0 unspecified atom stereocenters. The molecule has 2 N–H and O–H groups in total. The summed E-state index contributed by atoms with van der Waals surface area (Å²) in [4.78, 5) is 24.9. The normalized spacial score (nSPS) is 31.4. The van der Waals surface area contributed by atoms with Crippen LogP contribution in [0.4, 0.5) is 0 Å². The topological polar surface area (TPSA) is 84.3 Å². The number of hydrogen-bond donors (Lipinski definition) is 2. The number of ether oxygens (including phenoxy) is 1. The lowest BCUT2D eigenvalue weighted by Gasteiger charge is -2.18. The number of nitrogens with zero attached hydrogens (tertiary/aromatic N) is 1. The Balaban J connectivity index is 2.37. The smallest absolute Gasteiger partial charge is 0.330 e. The first-order valence-electron chi connectivity index (χ1n) is 5.79. The highest BCUT2D eigenvalue weighted by atomic mass is 16.5. The Bertz CT molecular complexity index is 547. The molecule has 0 saturated carbocycles. The van der Waals surface area contributed by atoms with Gasteiger partial charge in [0.05, 0.1) is 12.7 Å². The van der Waals surface area contributed by atoms with E-state index in [9.17, 15) is 14.7 Å². The van der Waals surface area contributed by atoms with E-state index in [-0.39, 0.29) is 24.5 Å². The Hall–Kier alpha value is -1.66. The summed E-state index contributed by atoms with van der Waals surface area (Å²) < 4.78 is 6.98. The third kappa shape index (κ3) is 2.04. The molecule has 1 aromatic rings. The van der Waals surface area contributed by atoms with E-state index in [0.29, 0.717) is 0 Å². The molecule has 0 amide bonds. The molecule has 1 fully saturated rings. The van der Waals surface area contributed by atoms with Crippen LogP contribution < -0.4 is 11.2 Å². The van der Waals surface area contributed by atoms with Crippen molar-refractivity contribution in [3.63, 3.8) is 0 Å². The number of aromatic amines is 1. The maximum absolute atomic E-state index is 11.7. The largest absolute Gasteiger partial charge is 0.394 e. The van der Waals surface area contributed by atoms with Crippen LogP contribution in [-0.2, 0) is 4.74 Å². The van der Waals surface area contributed by atoms with E-state index in [0.717, 1.165) is 0 Å². The summed E-state index contributed by atoms with van der Waals surface area (Å²) in [5.74, 6) is -0.0397. The molecule has 0 aromatic carbocycles. The van der Waals surface area contributed by atoms with Crippen LogP contribution in [0.2, 0.25) is 0 Å². The van der Waals surface area contributed by atoms with Crippen LogP contribution in [0.3, 0.4) is 0 Å². The van der Waals surface area contributed by atoms with Crippen LogP contribution in [0.25, 0.3) is 0 Å². The van der Waals surface area contributed by atoms with Crippen molar-refractivity contribution in [2.75, 3.05) is 6.61 Å². The molecule has 6 nitrogen and oxygen atoms in total. The molecule has 18 heavy (non-hydrogen) atoms. The fourth-order valence-electron chi connectivity index (χ4n) is 2.40. The van der Waals surface area contributed by atoms with Gasteiger partial charge in [0.2, 0.25) is 0 Å². The Labute approximate surface area is 104 Å². The van der Waals surface area contributed by atoms with Gasteiger partial charge in [0.15, 0.2) is 0 Å². The Morgan fingerprint density at radius 1 is 1.61 bits per heavy atom. The van der Waals surface area contributed by atoms with Gasteiger partial charge in [-0.25, -0.2) is 4.79 Å². The van der Waals surface area contributed by atoms with E-state index in [1.54, 1.807) is 6.08 Å². The Morgan fingerprint density at radius 2 is 2.33 bits per heavy atom. The molecule has 0 spiro atoms. The van der Waals surface area contributed by atoms with Crippen molar-refractivity contribution in [3.8, 4) is 0 Å². The van der Waals surface area contributed by atoms with Crippen molar-refractivity contribution in [1.82, 2.24) is 9.55 Å². The predicted octanol–water partition coefficient (Wildman–Crippen LogP) is -0.135. The average molecular weight is 252 g/mol. The van der Waals surface area contributed by atoms with Gasteiger partial charge in [0.1, 0.15) is 6.23 Å². The highest BCUT2D eigenvalue weighted by Gasteiger charge is 2.41. The molecule has 2 rings (SSSR count). The molecule has 1 aromatic heterocycles. The maximum Gasteiger partial charge on any atom is 0.330 e. The first-order chi connectivity index (χ1) is 8.58. The molecular formula is C12H16N2O4. The Morgan fingerprint density at radius 3 is 2.83 bits per heavy atom. The zero-order chi connectivity index (χ0) is 13.3. The van der Waals surface area contributed by atoms with E-state index in [4.69, 9.17) is 4.74 Å². The van der Waals surface area contributed by atoms with E-state index in [1.165, 1.54) is 16.8 Å².